The van der Waals surface area contributed by atoms with Crippen molar-refractivity contribution in [2.45, 2.75) is 51.7 Å². The molecule has 0 aromatic heterocycles. The van der Waals surface area contributed by atoms with Crippen molar-refractivity contribution in [3.63, 3.8) is 0 Å². The number of hydrogen-bond acceptors (Lipinski definition) is 7. The Kier molecular flexibility index (Phi) is 7.68. The molecule has 7 nitrogen and oxygen atoms in total. The number of methoxy groups -OCH3 is 2. The fourth-order valence-corrected chi connectivity index (χ4v) is 5.41. The molecule has 0 saturated heterocycles. The molecule has 3 aromatic rings. The van der Waals surface area contributed by atoms with Crippen LogP contribution in [-0.4, -0.2) is 32.7 Å². The van der Waals surface area contributed by atoms with Gasteiger partial charge in [-0.15, -0.1) is 0 Å². The van der Waals surface area contributed by atoms with Gasteiger partial charge < -0.3 is 29.6 Å². The number of allylic oxidation sites excluding steroid dienone is 1. The second kappa shape index (κ2) is 11.3. The van der Waals surface area contributed by atoms with E-state index in [1.54, 1.807) is 14.2 Å². The predicted molar refractivity (Wildman–Crippen MR) is 153 cm³/mol. The average Bonchev–Trinajstić information content (AvgIpc) is 3.10. The van der Waals surface area contributed by atoms with Crippen LogP contribution >= 0.6 is 0 Å². The first-order valence-corrected chi connectivity index (χ1v) is 13.5. The number of Topliss-reactive ketones (excluding diaryl/α,β-unsaturated/α-hetero) is 1. The number of ether oxygens (including phenoxy) is 4. The minimum atomic E-state index is -0.345. The van der Waals surface area contributed by atoms with Crippen LogP contribution in [0, 0.1) is 0 Å². The molecule has 3 aromatic carbocycles. The van der Waals surface area contributed by atoms with Gasteiger partial charge in [-0.2, -0.15) is 0 Å². The van der Waals surface area contributed by atoms with Gasteiger partial charge in [-0.3, -0.25) is 4.79 Å². The van der Waals surface area contributed by atoms with Gasteiger partial charge in [0.15, 0.2) is 28.8 Å². The van der Waals surface area contributed by atoms with Crippen molar-refractivity contribution in [1.82, 2.24) is 0 Å². The fourth-order valence-electron chi connectivity index (χ4n) is 5.41. The summed E-state index contributed by atoms with van der Waals surface area (Å²) in [5.74, 6) is 2.81. The third-order valence-corrected chi connectivity index (χ3v) is 7.15. The molecule has 1 aliphatic carbocycles. The number of carbonyl (C=O) groups excluding carboxylic acids is 1. The van der Waals surface area contributed by atoms with Gasteiger partial charge in [0.25, 0.3) is 0 Å². The number of hydrogen-bond donors (Lipinski definition) is 2. The maximum atomic E-state index is 14.0. The van der Waals surface area contributed by atoms with Gasteiger partial charge in [-0.05, 0) is 80.6 Å². The van der Waals surface area contributed by atoms with Crippen molar-refractivity contribution in [2.75, 3.05) is 31.5 Å². The van der Waals surface area contributed by atoms with Crippen molar-refractivity contribution in [1.29, 1.82) is 0 Å². The monoisotopic (exact) mass is 528 g/mol. The molecule has 0 bridgehead atoms. The summed E-state index contributed by atoms with van der Waals surface area (Å²) < 4.78 is 22.9. The van der Waals surface area contributed by atoms with Gasteiger partial charge in [0, 0.05) is 17.7 Å². The molecular weight excluding hydrogens is 492 g/mol. The molecule has 204 valence electrons. The summed E-state index contributed by atoms with van der Waals surface area (Å²) in [5.41, 5.74) is 5.55. The van der Waals surface area contributed by atoms with E-state index < -0.39 is 0 Å². The molecule has 0 radical (unpaired) electrons. The number of anilines is 2. The lowest BCUT2D eigenvalue weighted by molar-refractivity contribution is -0.116. The number of ketones is 1. The number of nitrogens with one attached hydrogen (secondary N) is 2. The Hall–Kier alpha value is -4.13. The van der Waals surface area contributed by atoms with Crippen LogP contribution in [-0.2, 0) is 4.79 Å². The Morgan fingerprint density at radius 3 is 2.26 bits per heavy atom. The third kappa shape index (κ3) is 5.39. The van der Waals surface area contributed by atoms with Gasteiger partial charge in [-0.1, -0.05) is 24.3 Å². The lowest BCUT2D eigenvalue weighted by Gasteiger charge is -2.30. The lowest BCUT2D eigenvalue weighted by atomic mass is 9.78. The molecule has 7 heteroatoms. The highest BCUT2D eigenvalue weighted by Gasteiger charge is 2.36. The molecule has 0 saturated carbocycles. The van der Waals surface area contributed by atoms with E-state index in [4.69, 9.17) is 18.9 Å². The minimum absolute atomic E-state index is 0.00951. The Balaban J connectivity index is 1.57. The van der Waals surface area contributed by atoms with E-state index in [1.807, 2.05) is 81.4 Å². The molecule has 0 amide bonds. The Bertz CT molecular complexity index is 1400. The van der Waals surface area contributed by atoms with Gasteiger partial charge in [0.05, 0.1) is 44.3 Å². The first-order chi connectivity index (χ1) is 18.9. The number of rotatable bonds is 8. The summed E-state index contributed by atoms with van der Waals surface area (Å²) in [5, 5.41) is 7.25. The highest BCUT2D eigenvalue weighted by Crippen LogP contribution is 2.46. The van der Waals surface area contributed by atoms with Crippen molar-refractivity contribution in [3.05, 3.63) is 83.1 Å². The van der Waals surface area contributed by atoms with E-state index >= 15 is 0 Å². The largest absolute Gasteiger partial charge is 0.493 e. The first-order valence-electron chi connectivity index (χ1n) is 13.5. The molecule has 1 heterocycles. The number of fused-ring (bicyclic) bond motifs is 1. The van der Waals surface area contributed by atoms with Crippen LogP contribution in [0.5, 0.6) is 23.0 Å². The zero-order valence-corrected chi connectivity index (χ0v) is 23.2. The number of carbonyl (C=O) groups is 1. The molecule has 2 atom stereocenters. The topological polar surface area (TPSA) is 78.1 Å². The summed E-state index contributed by atoms with van der Waals surface area (Å²) in [7, 11) is 3.25. The zero-order chi connectivity index (χ0) is 27.5. The summed E-state index contributed by atoms with van der Waals surface area (Å²) in [6.07, 6.45) is 1.11. The Morgan fingerprint density at radius 2 is 1.54 bits per heavy atom. The van der Waals surface area contributed by atoms with Crippen LogP contribution in [0.25, 0.3) is 0 Å². The third-order valence-electron chi connectivity index (χ3n) is 7.15. The highest BCUT2D eigenvalue weighted by molar-refractivity contribution is 6.01. The van der Waals surface area contributed by atoms with Crippen LogP contribution in [0.1, 0.15) is 56.7 Å². The second-order valence-corrected chi connectivity index (χ2v) is 10.1. The van der Waals surface area contributed by atoms with E-state index in [0.29, 0.717) is 42.4 Å². The molecule has 0 spiro atoms. The summed E-state index contributed by atoms with van der Waals surface area (Å²) >= 11 is 0. The molecule has 2 unspecified atom stereocenters. The van der Waals surface area contributed by atoms with Gasteiger partial charge in [-0.25, -0.2) is 0 Å². The van der Waals surface area contributed by atoms with Gasteiger partial charge in [0.1, 0.15) is 0 Å². The quantitative estimate of drug-likeness (QED) is 0.330. The SMILES string of the molecule is CCOc1cc(C2Nc3ccccc3NC3=C2C(=O)CC(c2ccc(OC)c(OC)c2)C3)ccc1OC(C)C. The van der Waals surface area contributed by atoms with Crippen molar-refractivity contribution >= 4 is 17.2 Å². The Morgan fingerprint density at radius 1 is 0.846 bits per heavy atom. The number of para-hydroxylation sites is 2. The summed E-state index contributed by atoms with van der Waals surface area (Å²) in [6.45, 7) is 6.45. The molecule has 1 aliphatic heterocycles. The molecule has 2 N–H and O–H groups in total. The van der Waals surface area contributed by atoms with E-state index in [-0.39, 0.29) is 23.8 Å². The molecular formula is C32H36N2O5. The van der Waals surface area contributed by atoms with Crippen molar-refractivity contribution < 1.29 is 23.7 Å². The second-order valence-electron chi connectivity index (χ2n) is 10.1. The standard InChI is InChI=1S/C32H36N2O5/c1-6-38-30-18-21(12-14-28(30)39-19(2)3)32-31-25(33-23-9-7-8-10-24(23)34-32)15-22(16-26(31)35)20-11-13-27(36-4)29(17-20)37-5/h7-14,17-19,22,32-34H,6,15-16H2,1-5H3. The smallest absolute Gasteiger partial charge is 0.163 e. The maximum absolute atomic E-state index is 14.0. The molecule has 39 heavy (non-hydrogen) atoms. The van der Waals surface area contributed by atoms with E-state index in [0.717, 1.165) is 33.8 Å². The van der Waals surface area contributed by atoms with Gasteiger partial charge >= 0.3 is 0 Å². The van der Waals surface area contributed by atoms with Crippen LogP contribution in [0.3, 0.4) is 0 Å². The van der Waals surface area contributed by atoms with E-state index in [9.17, 15) is 4.79 Å². The highest BCUT2D eigenvalue weighted by atomic mass is 16.5. The normalized spacial score (nSPS) is 18.4. The molecule has 5 rings (SSSR count). The summed E-state index contributed by atoms with van der Waals surface area (Å²) in [6, 6.07) is 19.6. The lowest BCUT2D eigenvalue weighted by Crippen LogP contribution is -2.27. The van der Waals surface area contributed by atoms with E-state index in [1.165, 1.54) is 0 Å². The fraction of sp³-hybridized carbons (Fsp3) is 0.344. The first kappa shape index (κ1) is 26.5. The predicted octanol–water partition coefficient (Wildman–Crippen LogP) is 6.87. The zero-order valence-electron chi connectivity index (χ0n) is 23.2. The number of benzene rings is 3. The minimum Gasteiger partial charge on any atom is -0.493 e. The van der Waals surface area contributed by atoms with Crippen molar-refractivity contribution in [3.8, 4) is 23.0 Å². The van der Waals surface area contributed by atoms with Crippen LogP contribution in [0.2, 0.25) is 0 Å². The van der Waals surface area contributed by atoms with Crippen molar-refractivity contribution in [2.24, 2.45) is 0 Å². The average molecular weight is 529 g/mol. The van der Waals surface area contributed by atoms with Crippen LogP contribution < -0.4 is 29.6 Å². The van der Waals surface area contributed by atoms with Crippen LogP contribution in [0.4, 0.5) is 11.4 Å². The van der Waals surface area contributed by atoms with E-state index in [2.05, 4.69) is 10.6 Å². The van der Waals surface area contributed by atoms with Crippen LogP contribution in [0.15, 0.2) is 71.9 Å². The maximum Gasteiger partial charge on any atom is 0.163 e. The Labute approximate surface area is 230 Å². The molecule has 0 fully saturated rings. The molecule has 2 aliphatic rings. The summed E-state index contributed by atoms with van der Waals surface area (Å²) in [4.78, 5) is 14.0. The van der Waals surface area contributed by atoms with Gasteiger partial charge in [0.2, 0.25) is 0 Å².